The van der Waals surface area contributed by atoms with E-state index in [0.29, 0.717) is 18.6 Å². The Bertz CT molecular complexity index is 1270. The third-order valence-corrected chi connectivity index (χ3v) is 8.35. The highest BCUT2D eigenvalue weighted by atomic mass is 32.2. The quantitative estimate of drug-likeness (QED) is 0.555. The van der Waals surface area contributed by atoms with Gasteiger partial charge in [0.1, 0.15) is 4.90 Å². The molecule has 2 aliphatic rings. The van der Waals surface area contributed by atoms with Crippen molar-refractivity contribution in [1.82, 2.24) is 29.6 Å². The van der Waals surface area contributed by atoms with Gasteiger partial charge in [0.05, 0.1) is 17.4 Å². The number of nitrogens with one attached hydrogen (secondary N) is 2. The van der Waals surface area contributed by atoms with E-state index in [1.54, 1.807) is 16.7 Å². The van der Waals surface area contributed by atoms with E-state index in [2.05, 4.69) is 37.0 Å². The number of pyridine rings is 1. The lowest BCUT2D eigenvalue weighted by Crippen LogP contribution is -2.49. The molecule has 2 fully saturated rings. The van der Waals surface area contributed by atoms with Gasteiger partial charge in [-0.15, -0.1) is 10.2 Å². The van der Waals surface area contributed by atoms with Crippen molar-refractivity contribution in [3.05, 3.63) is 23.5 Å². The molecule has 0 unspecified atom stereocenters. The summed E-state index contributed by atoms with van der Waals surface area (Å²) in [4.78, 5) is 6.60. The standard InChI is InChI=1S/C19H23F2N7O2S2/c1-11-9-27(6-5-22-11)13-7-12(32(29,30)26-19(2)3-4-19)10-28-14(13)8-23-16(28)18-25-24-17(31-18)15(20)21/h7-8,10-11,15,22,26H,3-6,9H2,1-2H3/t11-/m1/s1. The number of sulfonamides is 1. The van der Waals surface area contributed by atoms with E-state index < -0.39 is 27.0 Å². The fourth-order valence-electron chi connectivity index (χ4n) is 3.85. The maximum Gasteiger partial charge on any atom is 0.291 e. The molecule has 3 aromatic rings. The van der Waals surface area contributed by atoms with E-state index in [-0.39, 0.29) is 21.8 Å². The molecule has 0 radical (unpaired) electrons. The molecular weight excluding hydrogens is 460 g/mol. The fraction of sp³-hybridized carbons (Fsp3) is 0.526. The molecular formula is C19H23F2N7O2S2. The number of anilines is 1. The number of imidazole rings is 1. The normalized spacial score (nSPS) is 20.9. The number of halogens is 2. The third-order valence-electron chi connectivity index (χ3n) is 5.81. The Hall–Kier alpha value is -2.22. The van der Waals surface area contributed by atoms with Crippen molar-refractivity contribution in [2.45, 2.75) is 49.6 Å². The second-order valence-electron chi connectivity index (χ2n) is 8.61. The number of aromatic nitrogens is 4. The summed E-state index contributed by atoms with van der Waals surface area (Å²) in [6, 6.07) is 1.89. The van der Waals surface area contributed by atoms with Crippen molar-refractivity contribution < 1.29 is 17.2 Å². The molecule has 3 aromatic heterocycles. The molecule has 9 nitrogen and oxygen atoms in total. The Balaban J connectivity index is 1.66. The summed E-state index contributed by atoms with van der Waals surface area (Å²) in [5, 5.41) is 10.6. The molecule has 0 bridgehead atoms. The Kier molecular flexibility index (Phi) is 5.19. The van der Waals surface area contributed by atoms with Crippen LogP contribution in [0.15, 0.2) is 23.4 Å². The zero-order valence-corrected chi connectivity index (χ0v) is 19.2. The number of hydrogen-bond acceptors (Lipinski definition) is 8. The largest absolute Gasteiger partial charge is 0.367 e. The lowest BCUT2D eigenvalue weighted by atomic mass is 10.2. The summed E-state index contributed by atoms with van der Waals surface area (Å²) in [5.74, 6) is 0.281. The first-order chi connectivity index (χ1) is 15.2. The van der Waals surface area contributed by atoms with E-state index in [1.807, 2.05) is 6.92 Å². The average Bonchev–Trinajstić information content (AvgIpc) is 3.14. The molecule has 2 N–H and O–H groups in total. The molecule has 0 amide bonds. The Morgan fingerprint density at radius 1 is 1.34 bits per heavy atom. The van der Waals surface area contributed by atoms with Gasteiger partial charge in [0.25, 0.3) is 6.43 Å². The van der Waals surface area contributed by atoms with Gasteiger partial charge in [-0.25, -0.2) is 26.9 Å². The molecule has 1 atom stereocenters. The molecule has 0 aromatic carbocycles. The van der Waals surface area contributed by atoms with Gasteiger partial charge in [0, 0.05) is 37.4 Å². The summed E-state index contributed by atoms with van der Waals surface area (Å²) in [5.41, 5.74) is 0.972. The molecule has 1 saturated carbocycles. The van der Waals surface area contributed by atoms with Crippen LogP contribution in [-0.4, -0.2) is 59.2 Å². The first kappa shape index (κ1) is 21.6. The topological polar surface area (TPSA) is 105 Å². The van der Waals surface area contributed by atoms with Crippen LogP contribution in [0, 0.1) is 0 Å². The second-order valence-corrected chi connectivity index (χ2v) is 11.3. The number of piperazine rings is 1. The van der Waals surface area contributed by atoms with E-state index >= 15 is 0 Å². The minimum atomic E-state index is -3.80. The van der Waals surface area contributed by atoms with E-state index in [1.165, 1.54) is 6.20 Å². The Morgan fingerprint density at radius 2 is 2.12 bits per heavy atom. The molecule has 1 aliphatic heterocycles. The van der Waals surface area contributed by atoms with Gasteiger partial charge >= 0.3 is 0 Å². The SMILES string of the molecule is C[C@@H]1CN(c2cc(S(=O)(=O)NC3(C)CC3)cn3c(-c4nnc(C(F)F)s4)ncc23)CCN1. The number of rotatable bonds is 6. The van der Waals surface area contributed by atoms with Crippen molar-refractivity contribution in [2.24, 2.45) is 0 Å². The molecule has 4 heterocycles. The van der Waals surface area contributed by atoms with Gasteiger partial charge in [0.2, 0.25) is 10.0 Å². The van der Waals surface area contributed by atoms with Crippen LogP contribution in [0.4, 0.5) is 14.5 Å². The minimum absolute atomic E-state index is 0.0946. The first-order valence-corrected chi connectivity index (χ1v) is 12.6. The first-order valence-electron chi connectivity index (χ1n) is 10.3. The highest BCUT2D eigenvalue weighted by Gasteiger charge is 2.41. The summed E-state index contributed by atoms with van der Waals surface area (Å²) < 4.78 is 56.9. The van der Waals surface area contributed by atoms with Crippen LogP contribution >= 0.6 is 11.3 Å². The van der Waals surface area contributed by atoms with Crippen LogP contribution in [0.1, 0.15) is 38.1 Å². The maximum atomic E-state index is 13.2. The van der Waals surface area contributed by atoms with Gasteiger partial charge in [-0.1, -0.05) is 11.3 Å². The van der Waals surface area contributed by atoms with Crippen LogP contribution in [0.25, 0.3) is 16.3 Å². The zero-order chi connectivity index (χ0) is 22.7. The van der Waals surface area contributed by atoms with Crippen LogP contribution in [0.2, 0.25) is 0 Å². The predicted molar refractivity (Wildman–Crippen MR) is 117 cm³/mol. The molecule has 13 heteroatoms. The highest BCUT2D eigenvalue weighted by molar-refractivity contribution is 7.89. The maximum absolute atomic E-state index is 13.2. The van der Waals surface area contributed by atoms with Crippen LogP contribution in [-0.2, 0) is 10.0 Å². The average molecular weight is 484 g/mol. The third kappa shape index (κ3) is 3.98. The second kappa shape index (κ2) is 7.68. The van der Waals surface area contributed by atoms with Crippen molar-refractivity contribution in [1.29, 1.82) is 0 Å². The minimum Gasteiger partial charge on any atom is -0.367 e. The molecule has 1 aliphatic carbocycles. The molecule has 0 spiro atoms. The van der Waals surface area contributed by atoms with Crippen molar-refractivity contribution in [3.63, 3.8) is 0 Å². The summed E-state index contributed by atoms with van der Waals surface area (Å²) in [6.45, 7) is 6.09. The van der Waals surface area contributed by atoms with E-state index in [9.17, 15) is 17.2 Å². The number of alkyl halides is 2. The monoisotopic (exact) mass is 483 g/mol. The van der Waals surface area contributed by atoms with Crippen LogP contribution in [0.5, 0.6) is 0 Å². The molecule has 32 heavy (non-hydrogen) atoms. The van der Waals surface area contributed by atoms with Crippen molar-refractivity contribution >= 4 is 32.6 Å². The van der Waals surface area contributed by atoms with Gasteiger partial charge in [-0.05, 0) is 32.8 Å². The number of fused-ring (bicyclic) bond motifs is 1. The Labute approximate surface area is 187 Å². The molecule has 1 saturated heterocycles. The van der Waals surface area contributed by atoms with Gasteiger partial charge < -0.3 is 10.2 Å². The van der Waals surface area contributed by atoms with Crippen LogP contribution in [0.3, 0.4) is 0 Å². The van der Waals surface area contributed by atoms with E-state index in [0.717, 1.165) is 36.4 Å². The van der Waals surface area contributed by atoms with Crippen molar-refractivity contribution in [3.8, 4) is 10.8 Å². The number of nitrogens with zero attached hydrogens (tertiary/aromatic N) is 5. The van der Waals surface area contributed by atoms with Gasteiger partial charge in [-0.2, -0.15) is 0 Å². The number of hydrogen-bond donors (Lipinski definition) is 2. The smallest absolute Gasteiger partial charge is 0.291 e. The Morgan fingerprint density at radius 3 is 2.78 bits per heavy atom. The zero-order valence-electron chi connectivity index (χ0n) is 17.5. The summed E-state index contributed by atoms with van der Waals surface area (Å²) >= 11 is 0.745. The van der Waals surface area contributed by atoms with Gasteiger partial charge in [0.15, 0.2) is 15.8 Å². The van der Waals surface area contributed by atoms with Crippen LogP contribution < -0.4 is 14.9 Å². The highest BCUT2D eigenvalue weighted by Crippen LogP contribution is 2.37. The fourth-order valence-corrected chi connectivity index (χ4v) is 6.02. The van der Waals surface area contributed by atoms with E-state index in [4.69, 9.17) is 0 Å². The molecule has 172 valence electrons. The lowest BCUT2D eigenvalue weighted by Gasteiger charge is -2.34. The summed E-state index contributed by atoms with van der Waals surface area (Å²) in [7, 11) is -3.80. The van der Waals surface area contributed by atoms with Crippen molar-refractivity contribution in [2.75, 3.05) is 24.5 Å². The lowest BCUT2D eigenvalue weighted by molar-refractivity contribution is 0.150. The summed E-state index contributed by atoms with van der Waals surface area (Å²) in [6.07, 6.45) is 1.93. The molecule has 5 rings (SSSR count). The predicted octanol–water partition coefficient (Wildman–Crippen LogP) is 2.42. The van der Waals surface area contributed by atoms with Gasteiger partial charge in [-0.3, -0.25) is 4.40 Å².